The highest BCUT2D eigenvalue weighted by atomic mass is 32.2. The van der Waals surface area contributed by atoms with Crippen molar-refractivity contribution < 1.29 is 23.3 Å². The van der Waals surface area contributed by atoms with Gasteiger partial charge in [-0.15, -0.1) is 0 Å². The lowest BCUT2D eigenvalue weighted by Crippen LogP contribution is -1.86. The van der Waals surface area contributed by atoms with Crippen molar-refractivity contribution >= 4 is 23.4 Å². The summed E-state index contributed by atoms with van der Waals surface area (Å²) in [5, 5.41) is 0. The van der Waals surface area contributed by atoms with Crippen LogP contribution in [0.2, 0.25) is 0 Å². The van der Waals surface area contributed by atoms with Gasteiger partial charge in [0.25, 0.3) is 0 Å². The summed E-state index contributed by atoms with van der Waals surface area (Å²) in [6.45, 7) is 6.41. The van der Waals surface area contributed by atoms with Gasteiger partial charge in [0.05, 0.1) is 0 Å². The van der Waals surface area contributed by atoms with Gasteiger partial charge >= 0.3 is 7.80 Å². The quantitative estimate of drug-likeness (QED) is 0.582. The molecule has 0 rings (SSSR count). The van der Waals surface area contributed by atoms with Gasteiger partial charge in [0.2, 0.25) is 0 Å². The van der Waals surface area contributed by atoms with Crippen LogP contribution in [0.3, 0.4) is 0 Å². The zero-order chi connectivity index (χ0) is 11.7. The van der Waals surface area contributed by atoms with E-state index in [9.17, 15) is 17.8 Å². The summed E-state index contributed by atoms with van der Waals surface area (Å²) in [6, 6.07) is 0. The van der Waals surface area contributed by atoms with Crippen LogP contribution >= 0.6 is 7.80 Å². The normalized spacial score (nSPS) is 7.86. The molecule has 0 saturated heterocycles. The van der Waals surface area contributed by atoms with Crippen molar-refractivity contribution in [3.8, 4) is 0 Å². The molecule has 0 bridgehead atoms. The van der Waals surface area contributed by atoms with Crippen LogP contribution in [0.4, 0.5) is 0 Å². The summed E-state index contributed by atoms with van der Waals surface area (Å²) < 4.78 is 28.9. The van der Waals surface area contributed by atoms with Crippen molar-refractivity contribution in [1.29, 1.82) is 0 Å². The largest absolute Gasteiger partial charge is 0.412 e. The highest BCUT2D eigenvalue weighted by Crippen LogP contribution is 2.00. The predicted octanol–water partition coefficient (Wildman–Crippen LogP) is 0.505. The number of hydrogen-bond acceptors (Lipinski definition) is 4. The summed E-state index contributed by atoms with van der Waals surface area (Å²) in [4.78, 5) is 9.44. The van der Waals surface area contributed by atoms with E-state index in [4.69, 9.17) is 0 Å². The molecule has 0 aromatic rings. The monoisotopic (exact) mass is 247 g/mol. The van der Waals surface area contributed by atoms with Crippen molar-refractivity contribution in [2.75, 3.05) is 25.8 Å². The van der Waals surface area contributed by atoms with Crippen molar-refractivity contribution in [3.63, 3.8) is 0 Å². The van der Waals surface area contributed by atoms with Crippen LogP contribution in [0, 0.1) is 0 Å². The van der Waals surface area contributed by atoms with E-state index < -0.39 is 17.6 Å². The molecule has 0 aliphatic heterocycles. The maximum atomic E-state index is 9.63. The summed E-state index contributed by atoms with van der Waals surface area (Å²) in [7, 11) is -3.54. The minimum absolute atomic E-state index is 0. The number of carbonyl (C=O) groups is 1. The first-order chi connectivity index (χ1) is 5.46. The van der Waals surface area contributed by atoms with Gasteiger partial charge in [-0.3, -0.25) is 0 Å². The Balaban J connectivity index is -0.0000000522. The molecule has 0 unspecified atom stereocenters. The third kappa shape index (κ3) is 13000. The second kappa shape index (κ2) is 12.7. The van der Waals surface area contributed by atoms with Crippen LogP contribution < -0.4 is 0 Å². The fourth-order valence-electron chi connectivity index (χ4n) is 0. The van der Waals surface area contributed by atoms with Gasteiger partial charge in [0, 0.05) is 12.5 Å². The molecule has 14 heavy (non-hydrogen) atoms. The van der Waals surface area contributed by atoms with Crippen LogP contribution in [0.25, 0.3) is 0 Å². The first kappa shape index (κ1) is 23.5. The Morgan fingerprint density at radius 2 is 1.07 bits per heavy atom. The van der Waals surface area contributed by atoms with Crippen LogP contribution in [0.5, 0.6) is 0 Å². The fourth-order valence-corrected chi connectivity index (χ4v) is 0. The molecule has 0 aromatic carbocycles. The predicted molar refractivity (Wildman–Crippen MR) is 60.2 cm³/mol. The summed E-state index contributed by atoms with van der Waals surface area (Å²) in [5.41, 5.74) is 0. The molecular formula is C7H20O5PS+. The molecule has 0 aliphatic carbocycles. The number of hydrogen-bond donors (Lipinski definition) is 0. The Kier molecular flexibility index (Phi) is 21.3. The maximum absolute atomic E-state index is 9.63. The van der Waals surface area contributed by atoms with E-state index in [1.54, 1.807) is 13.3 Å². The third-order valence-electron chi connectivity index (χ3n) is 0. The lowest BCUT2D eigenvalue weighted by Gasteiger charge is -1.69. The van der Waals surface area contributed by atoms with Crippen molar-refractivity contribution in [2.24, 2.45) is 0 Å². The lowest BCUT2D eigenvalue weighted by atomic mass is 10.6. The zero-order valence-electron chi connectivity index (χ0n) is 9.49. The number of ketones is 1. The standard InChI is InChI=1S/C3H6O.C2H6O2S.C2H6OP.H2O/c1-3(2)4;1-5(2,3)4;1-4(2)3;/h1-2H3;1-2H3;1-2H3;1H2/q;;+1;. The molecule has 0 heterocycles. The van der Waals surface area contributed by atoms with E-state index in [-0.39, 0.29) is 11.3 Å². The Hall–Kier alpha value is -0.320. The maximum Gasteiger partial charge on any atom is 0.332 e. The molecule has 0 amide bonds. The average molecular weight is 247 g/mol. The Morgan fingerprint density at radius 3 is 1.07 bits per heavy atom. The van der Waals surface area contributed by atoms with E-state index in [1.165, 1.54) is 13.8 Å². The molecule has 0 spiro atoms. The summed E-state index contributed by atoms with van der Waals surface area (Å²) in [5.74, 6) is 0.167. The topological polar surface area (TPSA) is 99.8 Å². The van der Waals surface area contributed by atoms with Gasteiger partial charge in [-0.2, -0.15) is 0 Å². The van der Waals surface area contributed by atoms with Crippen LogP contribution in [-0.4, -0.2) is 45.5 Å². The van der Waals surface area contributed by atoms with E-state index >= 15 is 0 Å². The molecule has 2 N–H and O–H groups in total. The highest BCUT2D eigenvalue weighted by Gasteiger charge is 1.80. The fraction of sp³-hybridized carbons (Fsp3) is 0.857. The van der Waals surface area contributed by atoms with E-state index in [1.807, 2.05) is 0 Å². The van der Waals surface area contributed by atoms with Crippen molar-refractivity contribution in [1.82, 2.24) is 0 Å². The van der Waals surface area contributed by atoms with Gasteiger partial charge < -0.3 is 10.3 Å². The van der Waals surface area contributed by atoms with Crippen LogP contribution in [0.1, 0.15) is 13.8 Å². The molecule has 0 atom stereocenters. The minimum Gasteiger partial charge on any atom is -0.412 e. The number of carbonyl (C=O) groups excluding carboxylic acids is 1. The third-order valence-corrected chi connectivity index (χ3v) is 0. The molecule has 0 radical (unpaired) electrons. The van der Waals surface area contributed by atoms with Gasteiger partial charge in [0.15, 0.2) is 0 Å². The Morgan fingerprint density at radius 1 is 1.07 bits per heavy atom. The van der Waals surface area contributed by atoms with E-state index in [0.29, 0.717) is 0 Å². The smallest absolute Gasteiger partial charge is 0.332 e. The number of rotatable bonds is 0. The van der Waals surface area contributed by atoms with Gasteiger partial charge in [-0.25, -0.2) is 8.42 Å². The molecule has 88 valence electrons. The van der Waals surface area contributed by atoms with Crippen LogP contribution in [0.15, 0.2) is 0 Å². The Labute approximate surface area is 86.9 Å². The van der Waals surface area contributed by atoms with E-state index in [0.717, 1.165) is 12.5 Å². The van der Waals surface area contributed by atoms with Crippen molar-refractivity contribution in [2.45, 2.75) is 13.8 Å². The molecule has 0 aliphatic rings. The minimum atomic E-state index is -2.67. The second-order valence-corrected chi connectivity index (χ2v) is 6.77. The molecular weight excluding hydrogens is 227 g/mol. The Bertz CT molecular complexity index is 217. The first-order valence-corrected chi connectivity index (χ1v) is 7.88. The van der Waals surface area contributed by atoms with Crippen molar-refractivity contribution in [3.05, 3.63) is 0 Å². The lowest BCUT2D eigenvalue weighted by molar-refractivity contribution is -0.114. The average Bonchev–Trinajstić information content (AvgIpc) is 1.50. The molecule has 5 nitrogen and oxygen atoms in total. The molecule has 7 heteroatoms. The van der Waals surface area contributed by atoms with Crippen LogP contribution in [-0.2, 0) is 19.2 Å². The molecule has 0 saturated carbocycles. The highest BCUT2D eigenvalue weighted by molar-refractivity contribution is 7.89. The van der Waals surface area contributed by atoms with Gasteiger partial charge in [-0.05, 0) is 13.8 Å². The van der Waals surface area contributed by atoms with Gasteiger partial charge in [0.1, 0.15) is 29.0 Å². The molecule has 0 aromatic heterocycles. The first-order valence-electron chi connectivity index (χ1n) is 3.43. The zero-order valence-corrected chi connectivity index (χ0v) is 11.2. The SMILES string of the molecule is CC(C)=O.CS(C)(=O)=O.C[P+](C)=O.O. The van der Waals surface area contributed by atoms with E-state index in [2.05, 4.69) is 0 Å². The summed E-state index contributed by atoms with van der Waals surface area (Å²) in [6.07, 6.45) is 2.32. The number of sulfone groups is 1. The van der Waals surface area contributed by atoms with Gasteiger partial charge in [-0.1, -0.05) is 4.57 Å². The molecule has 0 fully saturated rings. The second-order valence-electron chi connectivity index (χ2n) is 2.86. The number of Topliss-reactive ketones (excluding diaryl/α,β-unsaturated/α-hetero) is 1. The summed E-state index contributed by atoms with van der Waals surface area (Å²) >= 11 is 0.